The summed E-state index contributed by atoms with van der Waals surface area (Å²) in [4.78, 5) is 1.26. The molecule has 0 radical (unpaired) electrons. The van der Waals surface area contributed by atoms with E-state index in [0.29, 0.717) is 0 Å². The van der Waals surface area contributed by atoms with Crippen molar-refractivity contribution >= 4 is 22.7 Å². The fourth-order valence-electron chi connectivity index (χ4n) is 3.25. The second kappa shape index (κ2) is 5.07. The Morgan fingerprint density at radius 3 is 2.86 bits per heavy atom. The van der Waals surface area contributed by atoms with E-state index in [1.54, 1.807) is 7.11 Å². The average Bonchev–Trinajstić information content (AvgIpc) is 2.86. The first-order valence-corrected chi connectivity index (χ1v) is 8.23. The molecule has 4 rings (SSSR count). The molecule has 1 aliphatic rings. The van der Waals surface area contributed by atoms with Crippen molar-refractivity contribution in [2.45, 2.75) is 17.3 Å². The van der Waals surface area contributed by atoms with E-state index in [9.17, 15) is 5.11 Å². The van der Waals surface area contributed by atoms with Gasteiger partial charge in [0.1, 0.15) is 5.75 Å². The highest BCUT2D eigenvalue weighted by Crippen LogP contribution is 2.46. The van der Waals surface area contributed by atoms with Crippen molar-refractivity contribution in [2.75, 3.05) is 7.11 Å². The number of aliphatic hydroxyl groups excluding tert-OH is 1. The van der Waals surface area contributed by atoms with Gasteiger partial charge < -0.3 is 14.4 Å². The van der Waals surface area contributed by atoms with E-state index in [1.807, 2.05) is 23.9 Å². The molecule has 0 saturated carbocycles. The van der Waals surface area contributed by atoms with Gasteiger partial charge in [-0.2, -0.15) is 0 Å². The number of ether oxygens (including phenoxy) is 1. The van der Waals surface area contributed by atoms with Crippen LogP contribution in [-0.4, -0.2) is 16.8 Å². The topological polar surface area (TPSA) is 34.4 Å². The smallest absolute Gasteiger partial charge is 0.120 e. The number of rotatable bonds is 2. The van der Waals surface area contributed by atoms with Crippen molar-refractivity contribution < 1.29 is 9.84 Å². The average molecular weight is 311 g/mol. The van der Waals surface area contributed by atoms with Gasteiger partial charge in [-0.15, -0.1) is 11.8 Å². The van der Waals surface area contributed by atoms with Gasteiger partial charge in [0.2, 0.25) is 0 Å². The van der Waals surface area contributed by atoms with Crippen LogP contribution in [0.2, 0.25) is 0 Å². The Kier molecular flexibility index (Phi) is 3.17. The molecular formula is C18H17NO2S. The van der Waals surface area contributed by atoms with Crippen LogP contribution in [0, 0.1) is 0 Å². The summed E-state index contributed by atoms with van der Waals surface area (Å²) in [5.74, 6) is 1.85. The lowest BCUT2D eigenvalue weighted by Gasteiger charge is -2.18. The number of aryl methyl sites for hydroxylation is 1. The fourth-order valence-corrected chi connectivity index (χ4v) is 4.36. The van der Waals surface area contributed by atoms with E-state index >= 15 is 0 Å². The number of hydrogen-bond donors (Lipinski definition) is 1. The molecule has 1 N–H and O–H groups in total. The molecule has 2 heterocycles. The van der Waals surface area contributed by atoms with Crippen molar-refractivity contribution in [2.24, 2.45) is 7.05 Å². The molecule has 4 heteroatoms. The second-order valence-corrected chi connectivity index (χ2v) is 6.56. The Balaban J connectivity index is 2.00. The Hall–Kier alpha value is -1.91. The Bertz CT molecular complexity index is 882. The van der Waals surface area contributed by atoms with Crippen molar-refractivity contribution in [1.29, 1.82) is 0 Å². The number of benzene rings is 2. The summed E-state index contributed by atoms with van der Waals surface area (Å²) in [5.41, 5.74) is 6.08. The number of nitrogens with zero attached hydrogens (tertiary/aromatic N) is 1. The van der Waals surface area contributed by atoms with Crippen LogP contribution in [0.4, 0.5) is 0 Å². The van der Waals surface area contributed by atoms with Crippen LogP contribution < -0.4 is 4.74 Å². The highest BCUT2D eigenvalue weighted by atomic mass is 32.2. The second-order valence-electron chi connectivity index (χ2n) is 5.55. The van der Waals surface area contributed by atoms with E-state index in [4.69, 9.17) is 4.74 Å². The van der Waals surface area contributed by atoms with Gasteiger partial charge >= 0.3 is 0 Å². The van der Waals surface area contributed by atoms with Crippen molar-refractivity contribution in [1.82, 2.24) is 4.57 Å². The van der Waals surface area contributed by atoms with E-state index in [1.165, 1.54) is 32.6 Å². The number of hydrogen-bond acceptors (Lipinski definition) is 3. The summed E-state index contributed by atoms with van der Waals surface area (Å²) < 4.78 is 7.60. The highest BCUT2D eigenvalue weighted by molar-refractivity contribution is 7.98. The SMILES string of the molecule is COc1ccc2c(c1)SCc1c-2n(C)c2ccc(CO)cc12. The van der Waals surface area contributed by atoms with Gasteiger partial charge in [0.25, 0.3) is 0 Å². The third kappa shape index (κ3) is 1.87. The molecular weight excluding hydrogens is 294 g/mol. The third-order valence-corrected chi connectivity index (χ3v) is 5.45. The van der Waals surface area contributed by atoms with Crippen LogP contribution in [0.1, 0.15) is 11.1 Å². The molecule has 0 amide bonds. The number of thioether (sulfide) groups is 1. The van der Waals surface area contributed by atoms with Crippen LogP contribution in [0.25, 0.3) is 22.2 Å². The molecule has 0 spiro atoms. The minimum atomic E-state index is 0.0839. The highest BCUT2D eigenvalue weighted by Gasteiger charge is 2.24. The molecule has 1 aliphatic heterocycles. The predicted molar refractivity (Wildman–Crippen MR) is 90.4 cm³/mol. The zero-order valence-electron chi connectivity index (χ0n) is 12.6. The summed E-state index contributed by atoms with van der Waals surface area (Å²) in [6, 6.07) is 12.5. The van der Waals surface area contributed by atoms with Gasteiger partial charge in [-0.3, -0.25) is 0 Å². The maximum absolute atomic E-state index is 9.40. The van der Waals surface area contributed by atoms with Gasteiger partial charge in [-0.1, -0.05) is 6.07 Å². The molecule has 0 bridgehead atoms. The molecule has 1 aromatic heterocycles. The maximum atomic E-state index is 9.40. The lowest BCUT2D eigenvalue weighted by Crippen LogP contribution is -1.99. The van der Waals surface area contributed by atoms with E-state index in [-0.39, 0.29) is 6.61 Å². The first kappa shape index (κ1) is 13.7. The van der Waals surface area contributed by atoms with Crippen LogP contribution in [0.15, 0.2) is 41.3 Å². The normalized spacial score (nSPS) is 13.0. The zero-order valence-corrected chi connectivity index (χ0v) is 13.4. The van der Waals surface area contributed by atoms with Crippen molar-refractivity contribution in [3.8, 4) is 17.0 Å². The molecule has 22 heavy (non-hydrogen) atoms. The van der Waals surface area contributed by atoms with Crippen LogP contribution >= 0.6 is 11.8 Å². The van der Waals surface area contributed by atoms with Crippen molar-refractivity contribution in [3.05, 3.63) is 47.5 Å². The Morgan fingerprint density at radius 1 is 1.23 bits per heavy atom. The lowest BCUT2D eigenvalue weighted by atomic mass is 10.0. The summed E-state index contributed by atoms with van der Waals surface area (Å²) >= 11 is 1.85. The van der Waals surface area contributed by atoms with Crippen molar-refractivity contribution in [3.63, 3.8) is 0 Å². The van der Waals surface area contributed by atoms with Gasteiger partial charge in [0.15, 0.2) is 0 Å². The fraction of sp³-hybridized carbons (Fsp3) is 0.222. The molecule has 3 nitrogen and oxygen atoms in total. The zero-order chi connectivity index (χ0) is 15.3. The third-order valence-electron chi connectivity index (χ3n) is 4.37. The molecule has 2 aromatic carbocycles. The van der Waals surface area contributed by atoms with Crippen LogP contribution in [0.3, 0.4) is 0 Å². The summed E-state index contributed by atoms with van der Waals surface area (Å²) in [6.07, 6.45) is 0. The van der Waals surface area contributed by atoms with E-state index < -0.39 is 0 Å². The molecule has 0 unspecified atom stereocenters. The number of aromatic nitrogens is 1. The summed E-state index contributed by atoms with van der Waals surface area (Å²) in [6.45, 7) is 0.0839. The number of methoxy groups -OCH3 is 1. The number of aliphatic hydroxyl groups is 1. The molecule has 0 aliphatic carbocycles. The standard InChI is InChI=1S/C18H17NO2S/c1-19-16-6-3-11(9-20)7-14(16)15-10-22-17-8-12(21-2)4-5-13(17)18(15)19/h3-8,20H,9-10H2,1-2H3. The summed E-state index contributed by atoms with van der Waals surface area (Å²) in [7, 11) is 3.82. The lowest BCUT2D eigenvalue weighted by molar-refractivity contribution is 0.282. The van der Waals surface area contributed by atoms with E-state index in [2.05, 4.69) is 35.9 Å². The molecule has 0 atom stereocenters. The molecule has 0 saturated heterocycles. The predicted octanol–water partition coefficient (Wildman–Crippen LogP) is 3.95. The molecule has 112 valence electrons. The van der Waals surface area contributed by atoms with Gasteiger partial charge in [-0.25, -0.2) is 0 Å². The van der Waals surface area contributed by atoms with E-state index in [0.717, 1.165) is 17.1 Å². The minimum Gasteiger partial charge on any atom is -0.497 e. The molecule has 3 aromatic rings. The van der Waals surface area contributed by atoms with Gasteiger partial charge in [-0.05, 0) is 41.5 Å². The first-order valence-electron chi connectivity index (χ1n) is 7.25. The first-order chi connectivity index (χ1) is 10.7. The monoisotopic (exact) mass is 311 g/mol. The number of fused-ring (bicyclic) bond motifs is 5. The van der Waals surface area contributed by atoms with Crippen LogP contribution in [0.5, 0.6) is 5.75 Å². The Morgan fingerprint density at radius 2 is 2.09 bits per heavy atom. The summed E-state index contributed by atoms with van der Waals surface area (Å²) in [5, 5.41) is 10.6. The quantitative estimate of drug-likeness (QED) is 0.778. The van der Waals surface area contributed by atoms with Crippen LogP contribution in [-0.2, 0) is 19.4 Å². The van der Waals surface area contributed by atoms with Gasteiger partial charge in [0.05, 0.1) is 19.4 Å². The minimum absolute atomic E-state index is 0.0839. The molecule has 0 fully saturated rings. The maximum Gasteiger partial charge on any atom is 0.120 e. The largest absolute Gasteiger partial charge is 0.497 e. The van der Waals surface area contributed by atoms with Gasteiger partial charge in [0, 0.05) is 34.2 Å². The Labute approximate surface area is 133 Å².